The number of rotatable bonds is 3. The molecule has 8 nitrogen and oxygen atoms in total. The summed E-state index contributed by atoms with van der Waals surface area (Å²) in [6.45, 7) is 1.07. The lowest BCUT2D eigenvalue weighted by atomic mass is 10.2. The highest BCUT2D eigenvalue weighted by Gasteiger charge is 2.39. The molecule has 0 aliphatic rings. The second-order valence-electron chi connectivity index (χ2n) is 3.27. The molecule has 0 aromatic carbocycles. The maximum absolute atomic E-state index is 12.2. The average molecular weight is 301 g/mol. The number of hydrogen-bond donors (Lipinski definition) is 1. The zero-order valence-corrected chi connectivity index (χ0v) is 9.95. The van der Waals surface area contributed by atoms with Gasteiger partial charge >= 0.3 is 12.0 Å². The second kappa shape index (κ2) is 4.62. The van der Waals surface area contributed by atoms with Gasteiger partial charge in [-0.15, -0.1) is 13.2 Å². The van der Waals surface area contributed by atoms with Gasteiger partial charge in [-0.3, -0.25) is 10.1 Å². The van der Waals surface area contributed by atoms with E-state index in [-0.39, 0.29) is 5.56 Å². The van der Waals surface area contributed by atoms with Crippen LogP contribution in [-0.2, 0) is 10.0 Å². The van der Waals surface area contributed by atoms with Crippen LogP contribution in [0.15, 0.2) is 11.2 Å². The first-order valence-electron chi connectivity index (χ1n) is 4.36. The molecular weight excluding hydrogens is 295 g/mol. The molecule has 0 aliphatic carbocycles. The summed E-state index contributed by atoms with van der Waals surface area (Å²) in [4.78, 5) is 12.6. The zero-order valence-electron chi connectivity index (χ0n) is 9.13. The Morgan fingerprint density at radius 2 is 2.00 bits per heavy atom. The minimum atomic E-state index is -5.33. The molecule has 0 saturated carbocycles. The predicted molar refractivity (Wildman–Crippen MR) is 53.7 cm³/mol. The number of aromatic nitrogens is 1. The van der Waals surface area contributed by atoms with Gasteiger partial charge in [0, 0.05) is 11.8 Å². The zero-order chi connectivity index (χ0) is 15.0. The third kappa shape index (κ3) is 3.51. The molecule has 1 aromatic heterocycles. The second-order valence-corrected chi connectivity index (χ2v) is 4.75. The van der Waals surface area contributed by atoms with Crippen LogP contribution in [0.4, 0.5) is 18.9 Å². The van der Waals surface area contributed by atoms with E-state index in [0.717, 1.165) is 6.92 Å². The van der Waals surface area contributed by atoms with E-state index in [1.807, 2.05) is 0 Å². The molecular formula is C7H6F3N3O5S. The third-order valence-electron chi connectivity index (χ3n) is 1.83. The Morgan fingerprint density at radius 3 is 2.37 bits per heavy atom. The van der Waals surface area contributed by atoms with Crippen LogP contribution in [0, 0.1) is 17.0 Å². The summed E-state index contributed by atoms with van der Waals surface area (Å²) in [5.41, 5.74) is -1.48. The Morgan fingerprint density at radius 1 is 1.47 bits per heavy atom. The molecule has 0 spiro atoms. The Labute approximate surface area is 104 Å². The van der Waals surface area contributed by atoms with Gasteiger partial charge in [0.15, 0.2) is 0 Å². The number of nitrogens with two attached hydrogens (primary N) is 1. The lowest BCUT2D eigenvalue weighted by Gasteiger charge is -2.12. The SMILES string of the molecule is Cc1cnc(S(N)(=O)=O)c(OC(F)(F)F)c1[N+](=O)[O-]. The molecule has 19 heavy (non-hydrogen) atoms. The van der Waals surface area contributed by atoms with E-state index in [4.69, 9.17) is 0 Å². The summed E-state index contributed by atoms with van der Waals surface area (Å²) >= 11 is 0. The van der Waals surface area contributed by atoms with Crippen LogP contribution in [0.1, 0.15) is 5.56 Å². The number of primary sulfonamides is 1. The number of sulfonamides is 1. The largest absolute Gasteiger partial charge is 0.573 e. The average Bonchev–Trinajstić information content (AvgIpc) is 2.11. The lowest BCUT2D eigenvalue weighted by Crippen LogP contribution is -2.23. The quantitative estimate of drug-likeness (QED) is 0.651. The minimum Gasteiger partial charge on any atom is -0.395 e. The molecule has 12 heteroatoms. The topological polar surface area (TPSA) is 125 Å². The fourth-order valence-corrected chi connectivity index (χ4v) is 1.79. The number of hydrogen-bond acceptors (Lipinski definition) is 6. The van der Waals surface area contributed by atoms with Gasteiger partial charge in [0.1, 0.15) is 0 Å². The van der Waals surface area contributed by atoms with Crippen LogP contribution < -0.4 is 9.88 Å². The first kappa shape index (κ1) is 15.1. The Hall–Kier alpha value is -1.95. The van der Waals surface area contributed by atoms with Crippen LogP contribution in [0.3, 0.4) is 0 Å². The maximum atomic E-state index is 12.2. The number of ether oxygens (including phenoxy) is 1. The third-order valence-corrected chi connectivity index (χ3v) is 2.66. The molecule has 1 rings (SSSR count). The van der Waals surface area contributed by atoms with E-state index in [1.165, 1.54) is 0 Å². The fourth-order valence-electron chi connectivity index (χ4n) is 1.19. The van der Waals surface area contributed by atoms with Crippen molar-refractivity contribution in [3.63, 3.8) is 0 Å². The van der Waals surface area contributed by atoms with Crippen molar-refractivity contribution >= 4 is 15.7 Å². The molecule has 1 aromatic rings. The van der Waals surface area contributed by atoms with Gasteiger partial charge in [0.25, 0.3) is 10.0 Å². The Bertz CT molecular complexity index is 628. The predicted octanol–water partition coefficient (Wildman–Crippen LogP) is 0.844. The van der Waals surface area contributed by atoms with Gasteiger partial charge in [0.2, 0.25) is 10.8 Å². The summed E-state index contributed by atoms with van der Waals surface area (Å²) in [7, 11) is -4.72. The van der Waals surface area contributed by atoms with Crippen molar-refractivity contribution in [1.29, 1.82) is 0 Å². The van der Waals surface area contributed by atoms with E-state index < -0.39 is 37.8 Å². The molecule has 0 bridgehead atoms. The Kier molecular flexibility index (Phi) is 3.67. The smallest absolute Gasteiger partial charge is 0.395 e. The van der Waals surface area contributed by atoms with E-state index in [9.17, 15) is 31.7 Å². The lowest BCUT2D eigenvalue weighted by molar-refractivity contribution is -0.389. The van der Waals surface area contributed by atoms with E-state index in [2.05, 4.69) is 14.9 Å². The van der Waals surface area contributed by atoms with Gasteiger partial charge in [-0.1, -0.05) is 0 Å². The first-order chi connectivity index (χ1) is 8.43. The van der Waals surface area contributed by atoms with Gasteiger partial charge in [-0.25, -0.2) is 18.5 Å². The normalized spacial score (nSPS) is 12.3. The fraction of sp³-hybridized carbons (Fsp3) is 0.286. The number of aryl methyl sites for hydroxylation is 1. The van der Waals surface area contributed by atoms with Gasteiger partial charge in [-0.05, 0) is 6.92 Å². The summed E-state index contributed by atoms with van der Waals surface area (Å²) in [5, 5.41) is 14.0. The summed E-state index contributed by atoms with van der Waals surface area (Å²) in [6, 6.07) is 0. The van der Waals surface area contributed by atoms with Crippen molar-refractivity contribution in [3.05, 3.63) is 21.9 Å². The number of nitrogens with zero attached hydrogens (tertiary/aromatic N) is 2. The van der Waals surface area contributed by atoms with Crippen LogP contribution in [0.2, 0.25) is 0 Å². The van der Waals surface area contributed by atoms with Crippen molar-refractivity contribution in [1.82, 2.24) is 4.98 Å². The Balaban J connectivity index is 3.69. The molecule has 2 N–H and O–H groups in total. The minimum absolute atomic E-state index is 0.309. The highest BCUT2D eigenvalue weighted by atomic mass is 32.2. The molecule has 0 radical (unpaired) electrons. The van der Waals surface area contributed by atoms with Gasteiger partial charge in [-0.2, -0.15) is 0 Å². The molecule has 106 valence electrons. The summed E-state index contributed by atoms with van der Waals surface area (Å²) in [5.74, 6) is -1.56. The molecule has 0 amide bonds. The number of pyridine rings is 1. The van der Waals surface area contributed by atoms with Gasteiger partial charge < -0.3 is 4.74 Å². The molecule has 0 atom stereocenters. The standard InChI is InChI=1S/C7H6F3N3O5S/c1-3-2-12-6(19(11,16)17)5(4(3)13(14)15)18-7(8,9)10/h2H,1H3,(H2,11,16,17). The van der Waals surface area contributed by atoms with Crippen molar-refractivity contribution in [2.24, 2.45) is 5.14 Å². The first-order valence-corrected chi connectivity index (χ1v) is 5.90. The van der Waals surface area contributed by atoms with Crippen LogP contribution in [0.5, 0.6) is 5.75 Å². The summed E-state index contributed by atoms with van der Waals surface area (Å²) in [6.07, 6.45) is -4.62. The van der Waals surface area contributed by atoms with E-state index >= 15 is 0 Å². The highest BCUT2D eigenvalue weighted by Crippen LogP contribution is 2.38. The molecule has 0 saturated heterocycles. The van der Waals surface area contributed by atoms with Gasteiger partial charge in [0.05, 0.1) is 4.92 Å². The molecule has 1 heterocycles. The van der Waals surface area contributed by atoms with Crippen LogP contribution >= 0.6 is 0 Å². The number of nitro groups is 1. The van der Waals surface area contributed by atoms with Crippen LogP contribution in [0.25, 0.3) is 0 Å². The van der Waals surface area contributed by atoms with Crippen LogP contribution in [-0.4, -0.2) is 24.7 Å². The van der Waals surface area contributed by atoms with Crippen molar-refractivity contribution in [3.8, 4) is 5.75 Å². The molecule has 0 fully saturated rings. The number of halogens is 3. The van der Waals surface area contributed by atoms with Crippen molar-refractivity contribution < 1.29 is 31.2 Å². The molecule has 0 aliphatic heterocycles. The molecule has 0 unspecified atom stereocenters. The van der Waals surface area contributed by atoms with Crippen molar-refractivity contribution in [2.45, 2.75) is 18.3 Å². The number of alkyl halides is 3. The van der Waals surface area contributed by atoms with E-state index in [0.29, 0.717) is 6.20 Å². The summed E-state index contributed by atoms with van der Waals surface area (Å²) < 4.78 is 62.0. The monoisotopic (exact) mass is 301 g/mol. The van der Waals surface area contributed by atoms with Crippen molar-refractivity contribution in [2.75, 3.05) is 0 Å². The highest BCUT2D eigenvalue weighted by molar-refractivity contribution is 7.89. The van der Waals surface area contributed by atoms with E-state index in [1.54, 1.807) is 0 Å². The maximum Gasteiger partial charge on any atom is 0.573 e.